The van der Waals surface area contributed by atoms with Gasteiger partial charge in [-0.15, -0.1) is 0 Å². The fraction of sp³-hybridized carbons (Fsp3) is 0.174. The molecule has 0 spiro atoms. The van der Waals surface area contributed by atoms with Crippen LogP contribution < -0.4 is 5.32 Å². The second-order valence-corrected chi connectivity index (χ2v) is 7.15. The molecule has 0 atom stereocenters. The van der Waals surface area contributed by atoms with Crippen molar-refractivity contribution in [2.75, 3.05) is 5.32 Å². The van der Waals surface area contributed by atoms with Crippen LogP contribution in [0.5, 0.6) is 0 Å². The highest BCUT2D eigenvalue weighted by atomic mass is 16.1. The number of carbonyl (C=O) groups is 1. The Hall–Kier alpha value is -3.67. The minimum atomic E-state index is -0.242. The third kappa shape index (κ3) is 4.11. The van der Waals surface area contributed by atoms with E-state index in [4.69, 9.17) is 0 Å². The van der Waals surface area contributed by atoms with Crippen LogP contribution in [0.25, 0.3) is 17.1 Å². The summed E-state index contributed by atoms with van der Waals surface area (Å²) in [5.41, 5.74) is 7.00. The van der Waals surface area contributed by atoms with E-state index in [0.29, 0.717) is 12.5 Å². The molecule has 2 N–H and O–H groups in total. The first-order valence-electron chi connectivity index (χ1n) is 9.53. The molecule has 4 rings (SSSR count). The summed E-state index contributed by atoms with van der Waals surface area (Å²) in [6.45, 7) is 6.75. The number of aromatic amines is 1. The molecule has 4 aromatic rings. The molecule has 1 amide bonds. The van der Waals surface area contributed by atoms with Gasteiger partial charge in [-0.1, -0.05) is 42.0 Å². The number of anilines is 1. The summed E-state index contributed by atoms with van der Waals surface area (Å²) in [6.07, 6.45) is 3.32. The van der Waals surface area contributed by atoms with Crippen LogP contribution in [0.3, 0.4) is 0 Å². The van der Waals surface area contributed by atoms with E-state index < -0.39 is 0 Å². The Morgan fingerprint density at radius 3 is 2.62 bits per heavy atom. The van der Waals surface area contributed by atoms with Crippen molar-refractivity contribution in [3.8, 4) is 0 Å². The Bertz CT molecular complexity index is 1160. The monoisotopic (exact) mass is 385 g/mol. The zero-order chi connectivity index (χ0) is 20.4. The summed E-state index contributed by atoms with van der Waals surface area (Å²) in [5, 5.41) is 7.41. The van der Waals surface area contributed by atoms with Crippen molar-refractivity contribution >= 4 is 29.0 Å². The second kappa shape index (κ2) is 7.75. The molecule has 0 bridgehead atoms. The number of imidazole rings is 1. The minimum Gasteiger partial charge on any atom is -0.324 e. The van der Waals surface area contributed by atoms with E-state index in [-0.39, 0.29) is 5.91 Å². The fourth-order valence-corrected chi connectivity index (χ4v) is 3.30. The summed E-state index contributed by atoms with van der Waals surface area (Å²) in [6, 6.07) is 16.1. The lowest BCUT2D eigenvalue weighted by atomic mass is 10.1. The third-order valence-corrected chi connectivity index (χ3v) is 4.92. The minimum absolute atomic E-state index is 0.242. The number of rotatable bonds is 5. The van der Waals surface area contributed by atoms with Crippen LogP contribution in [0.15, 0.2) is 54.6 Å². The van der Waals surface area contributed by atoms with E-state index >= 15 is 0 Å². The molecule has 2 aromatic carbocycles. The van der Waals surface area contributed by atoms with E-state index in [9.17, 15) is 4.79 Å². The van der Waals surface area contributed by atoms with Crippen molar-refractivity contribution in [2.45, 2.75) is 27.3 Å². The topological polar surface area (TPSA) is 75.6 Å². The predicted molar refractivity (Wildman–Crippen MR) is 116 cm³/mol. The number of hydrogen-bond acceptors (Lipinski definition) is 3. The number of benzene rings is 2. The number of aromatic nitrogens is 4. The molecular weight excluding hydrogens is 362 g/mol. The van der Waals surface area contributed by atoms with Crippen LogP contribution in [0.2, 0.25) is 0 Å². The maximum Gasteiger partial charge on any atom is 0.250 e. The molecule has 0 saturated heterocycles. The smallest absolute Gasteiger partial charge is 0.250 e. The maximum atomic E-state index is 12.3. The van der Waals surface area contributed by atoms with Crippen LogP contribution in [-0.4, -0.2) is 25.7 Å². The van der Waals surface area contributed by atoms with Gasteiger partial charge in [-0.25, -0.2) is 4.98 Å². The van der Waals surface area contributed by atoms with Crippen LogP contribution in [0, 0.1) is 20.8 Å². The quantitative estimate of drug-likeness (QED) is 0.501. The molecule has 2 heterocycles. The van der Waals surface area contributed by atoms with Crippen LogP contribution in [0.4, 0.5) is 5.95 Å². The van der Waals surface area contributed by atoms with Crippen LogP contribution in [0.1, 0.15) is 28.1 Å². The van der Waals surface area contributed by atoms with Crippen LogP contribution >= 0.6 is 0 Å². The first-order chi connectivity index (χ1) is 14.0. The molecule has 2 aromatic heterocycles. The molecule has 146 valence electrons. The van der Waals surface area contributed by atoms with Gasteiger partial charge in [-0.3, -0.25) is 14.8 Å². The Balaban J connectivity index is 1.48. The zero-order valence-electron chi connectivity index (χ0n) is 16.7. The number of nitrogens with zero attached hydrogens (tertiary/aromatic N) is 3. The highest BCUT2D eigenvalue weighted by Gasteiger charge is 2.10. The number of H-pyrrole nitrogens is 1. The Morgan fingerprint density at radius 1 is 1.10 bits per heavy atom. The molecule has 0 aliphatic rings. The average molecular weight is 385 g/mol. The van der Waals surface area contributed by atoms with Crippen molar-refractivity contribution in [1.82, 2.24) is 19.7 Å². The molecular formula is C23H23N5O. The van der Waals surface area contributed by atoms with Crippen molar-refractivity contribution < 1.29 is 4.79 Å². The summed E-state index contributed by atoms with van der Waals surface area (Å²) in [7, 11) is 0. The second-order valence-electron chi connectivity index (χ2n) is 7.15. The fourth-order valence-electron chi connectivity index (χ4n) is 3.30. The molecule has 0 radical (unpaired) electrons. The van der Waals surface area contributed by atoms with Crippen molar-refractivity contribution in [1.29, 1.82) is 0 Å². The number of fused-ring (bicyclic) bond motifs is 1. The molecule has 6 nitrogen and oxygen atoms in total. The molecule has 0 fully saturated rings. The standard InChI is InChI=1S/C23H23N5O/c1-15-8-10-18(11-9-15)14-28-17(3)19(16(2)27-28)12-13-22(29)26-23-24-20-6-4-5-7-21(20)25-23/h4-13H,14H2,1-3H3,(H2,24,25,26,29). The number of para-hydroxylation sites is 2. The number of carbonyl (C=O) groups excluding carboxylic acids is 1. The molecule has 6 heteroatoms. The van der Waals surface area contributed by atoms with Gasteiger partial charge in [0.2, 0.25) is 5.95 Å². The van der Waals surface area contributed by atoms with Gasteiger partial charge in [0.15, 0.2) is 0 Å². The summed E-state index contributed by atoms with van der Waals surface area (Å²) >= 11 is 0. The average Bonchev–Trinajstić information content (AvgIpc) is 3.22. The number of nitrogens with one attached hydrogen (secondary N) is 2. The van der Waals surface area contributed by atoms with Gasteiger partial charge in [0, 0.05) is 17.3 Å². The van der Waals surface area contributed by atoms with Crippen molar-refractivity contribution in [3.05, 3.63) is 82.7 Å². The summed E-state index contributed by atoms with van der Waals surface area (Å²) in [5.74, 6) is 0.193. The lowest BCUT2D eigenvalue weighted by molar-refractivity contribution is -0.111. The number of hydrogen-bond donors (Lipinski definition) is 2. The van der Waals surface area contributed by atoms with Gasteiger partial charge in [-0.05, 0) is 44.5 Å². The van der Waals surface area contributed by atoms with E-state index in [2.05, 4.69) is 51.6 Å². The molecule has 0 aliphatic heterocycles. The summed E-state index contributed by atoms with van der Waals surface area (Å²) in [4.78, 5) is 19.8. The molecule has 29 heavy (non-hydrogen) atoms. The Kier molecular flexibility index (Phi) is 4.99. The highest BCUT2D eigenvalue weighted by molar-refractivity contribution is 6.01. The van der Waals surface area contributed by atoms with Gasteiger partial charge >= 0.3 is 0 Å². The van der Waals surface area contributed by atoms with Gasteiger partial charge in [0.1, 0.15) is 0 Å². The zero-order valence-corrected chi connectivity index (χ0v) is 16.7. The predicted octanol–water partition coefficient (Wildman–Crippen LogP) is 4.38. The normalized spacial score (nSPS) is 11.4. The Labute approximate surface area is 169 Å². The SMILES string of the molecule is Cc1ccc(Cn2nc(C)c(C=CC(=O)Nc3nc4ccccc4[nH]3)c2C)cc1. The number of aryl methyl sites for hydroxylation is 2. The van der Waals surface area contributed by atoms with Crippen molar-refractivity contribution in [2.24, 2.45) is 0 Å². The Morgan fingerprint density at radius 2 is 1.86 bits per heavy atom. The largest absolute Gasteiger partial charge is 0.324 e. The first-order valence-corrected chi connectivity index (χ1v) is 9.53. The van der Waals surface area contributed by atoms with Gasteiger partial charge in [0.25, 0.3) is 5.91 Å². The van der Waals surface area contributed by atoms with E-state index in [0.717, 1.165) is 28.0 Å². The molecule has 0 saturated carbocycles. The lowest BCUT2D eigenvalue weighted by Gasteiger charge is -2.05. The lowest BCUT2D eigenvalue weighted by Crippen LogP contribution is -2.09. The van der Waals surface area contributed by atoms with E-state index in [1.54, 1.807) is 6.08 Å². The van der Waals surface area contributed by atoms with Crippen molar-refractivity contribution in [3.63, 3.8) is 0 Å². The van der Waals surface area contributed by atoms with E-state index in [1.165, 1.54) is 17.2 Å². The number of amides is 1. The van der Waals surface area contributed by atoms with Gasteiger partial charge in [0.05, 0.1) is 23.3 Å². The van der Waals surface area contributed by atoms with Gasteiger partial charge < -0.3 is 4.98 Å². The third-order valence-electron chi connectivity index (χ3n) is 4.92. The maximum absolute atomic E-state index is 12.3. The van der Waals surface area contributed by atoms with Crippen LogP contribution in [-0.2, 0) is 11.3 Å². The molecule has 0 unspecified atom stereocenters. The molecule has 0 aliphatic carbocycles. The van der Waals surface area contributed by atoms with Gasteiger partial charge in [-0.2, -0.15) is 5.10 Å². The summed E-state index contributed by atoms with van der Waals surface area (Å²) < 4.78 is 1.97. The van der Waals surface area contributed by atoms with E-state index in [1.807, 2.05) is 42.8 Å². The first kappa shape index (κ1) is 18.7. The highest BCUT2D eigenvalue weighted by Crippen LogP contribution is 2.17.